The van der Waals surface area contributed by atoms with E-state index in [9.17, 15) is 4.79 Å². The lowest BCUT2D eigenvalue weighted by Crippen LogP contribution is -2.46. The molecule has 2 heterocycles. The molecular formula is C11H17N5O. The minimum absolute atomic E-state index is 0.0888. The highest BCUT2D eigenvalue weighted by Crippen LogP contribution is 2.20. The second-order valence-corrected chi connectivity index (χ2v) is 5.24. The molecule has 0 saturated heterocycles. The molecule has 1 aromatic rings. The minimum atomic E-state index is -0.240. The smallest absolute Gasteiger partial charge is 0.318 e. The average Bonchev–Trinajstić information content (AvgIpc) is 2.57. The third kappa shape index (κ3) is 2.64. The largest absolute Gasteiger partial charge is 0.368 e. The number of anilines is 1. The molecule has 0 aromatic carbocycles. The molecule has 0 unspecified atom stereocenters. The first kappa shape index (κ1) is 11.6. The zero-order chi connectivity index (χ0) is 12.6. The van der Waals surface area contributed by atoms with E-state index in [0.29, 0.717) is 13.1 Å². The van der Waals surface area contributed by atoms with E-state index in [4.69, 9.17) is 5.73 Å². The van der Waals surface area contributed by atoms with E-state index < -0.39 is 0 Å². The molecule has 17 heavy (non-hydrogen) atoms. The van der Waals surface area contributed by atoms with Crippen LogP contribution < -0.4 is 11.1 Å². The fraction of sp³-hybridized carbons (Fsp3) is 0.545. The summed E-state index contributed by atoms with van der Waals surface area (Å²) in [5.74, 6) is 0.252. The Kier molecular flexibility index (Phi) is 2.65. The van der Waals surface area contributed by atoms with Gasteiger partial charge in [-0.15, -0.1) is 0 Å². The van der Waals surface area contributed by atoms with E-state index >= 15 is 0 Å². The van der Waals surface area contributed by atoms with Gasteiger partial charge in [0.25, 0.3) is 0 Å². The van der Waals surface area contributed by atoms with Crippen molar-refractivity contribution in [2.45, 2.75) is 39.4 Å². The Morgan fingerprint density at radius 3 is 2.82 bits per heavy atom. The maximum absolute atomic E-state index is 11.9. The van der Waals surface area contributed by atoms with Crippen molar-refractivity contribution in [2.24, 2.45) is 0 Å². The fourth-order valence-electron chi connectivity index (χ4n) is 1.71. The molecule has 3 N–H and O–H groups in total. The molecule has 6 heteroatoms. The molecule has 92 valence electrons. The zero-order valence-corrected chi connectivity index (χ0v) is 10.3. The topological polar surface area (TPSA) is 84.1 Å². The first-order chi connectivity index (χ1) is 7.85. The molecule has 0 fully saturated rings. The zero-order valence-electron chi connectivity index (χ0n) is 10.3. The highest BCUT2D eigenvalue weighted by atomic mass is 16.2. The number of hydrogen-bond donors (Lipinski definition) is 2. The van der Waals surface area contributed by atoms with E-state index in [2.05, 4.69) is 15.3 Å². The second-order valence-electron chi connectivity index (χ2n) is 5.24. The predicted octanol–water partition coefficient (Wildman–Crippen LogP) is 0.883. The van der Waals surface area contributed by atoms with Gasteiger partial charge in [-0.2, -0.15) is 0 Å². The van der Waals surface area contributed by atoms with E-state index in [1.807, 2.05) is 20.8 Å². The van der Waals surface area contributed by atoms with Crippen LogP contribution in [-0.4, -0.2) is 26.4 Å². The van der Waals surface area contributed by atoms with Crippen molar-refractivity contribution in [1.29, 1.82) is 0 Å². The second kappa shape index (κ2) is 3.87. The van der Waals surface area contributed by atoms with Gasteiger partial charge in [0.2, 0.25) is 5.95 Å². The van der Waals surface area contributed by atoms with Crippen molar-refractivity contribution in [3.05, 3.63) is 17.5 Å². The number of hydrogen-bond acceptors (Lipinski definition) is 4. The fourth-order valence-corrected chi connectivity index (χ4v) is 1.71. The van der Waals surface area contributed by atoms with Crippen LogP contribution in [0.1, 0.15) is 32.0 Å². The van der Waals surface area contributed by atoms with Crippen molar-refractivity contribution < 1.29 is 4.79 Å². The molecule has 1 aromatic heterocycles. The Labute approximate surface area is 100 Å². The molecule has 0 radical (unpaired) electrons. The van der Waals surface area contributed by atoms with Crippen molar-refractivity contribution in [1.82, 2.24) is 20.2 Å². The number of amides is 2. The molecule has 0 aliphatic carbocycles. The van der Waals surface area contributed by atoms with Gasteiger partial charge in [0.1, 0.15) is 0 Å². The Morgan fingerprint density at radius 2 is 2.18 bits per heavy atom. The summed E-state index contributed by atoms with van der Waals surface area (Å²) in [5.41, 5.74) is 7.07. The number of nitrogens with one attached hydrogen (secondary N) is 1. The number of aromatic nitrogens is 2. The summed E-state index contributed by atoms with van der Waals surface area (Å²) in [6, 6.07) is -0.0888. The lowest BCUT2D eigenvalue weighted by Gasteiger charge is -2.25. The summed E-state index contributed by atoms with van der Waals surface area (Å²) in [5, 5.41) is 2.92. The van der Waals surface area contributed by atoms with Gasteiger partial charge in [-0.25, -0.2) is 14.8 Å². The summed E-state index contributed by atoms with van der Waals surface area (Å²) in [4.78, 5) is 21.7. The number of carbonyl (C=O) groups is 1. The number of rotatable bonds is 0. The van der Waals surface area contributed by atoms with Gasteiger partial charge in [-0.1, -0.05) is 0 Å². The maximum Gasteiger partial charge on any atom is 0.318 e. The predicted molar refractivity (Wildman–Crippen MR) is 64.0 cm³/mol. The van der Waals surface area contributed by atoms with Crippen molar-refractivity contribution in [2.75, 3.05) is 5.73 Å². The number of nitrogen functional groups attached to an aromatic ring is 1. The molecule has 1 aliphatic heterocycles. The standard InChI is InChI=1S/C11H17N5O/c1-11(2,3)15-10(17)16-5-7-4-13-9(12)14-8(7)6-16/h4H,5-6H2,1-3H3,(H,15,17)(H2,12,13,14). The quantitative estimate of drug-likeness (QED) is 0.699. The van der Waals surface area contributed by atoms with Crippen LogP contribution in [0.2, 0.25) is 0 Å². The SMILES string of the molecule is CC(C)(C)NC(=O)N1Cc2cnc(N)nc2C1. The Balaban J connectivity index is 2.07. The van der Waals surface area contributed by atoms with Gasteiger partial charge >= 0.3 is 6.03 Å². The number of urea groups is 1. The normalized spacial score (nSPS) is 14.6. The molecule has 1 aliphatic rings. The Hall–Kier alpha value is -1.85. The average molecular weight is 235 g/mol. The van der Waals surface area contributed by atoms with E-state index in [-0.39, 0.29) is 17.5 Å². The van der Waals surface area contributed by atoms with Crippen LogP contribution in [0, 0.1) is 0 Å². The lowest BCUT2D eigenvalue weighted by molar-refractivity contribution is 0.189. The third-order valence-corrected chi connectivity index (χ3v) is 2.44. The van der Waals surface area contributed by atoms with Crippen molar-refractivity contribution in [3.8, 4) is 0 Å². The molecule has 6 nitrogen and oxygen atoms in total. The Morgan fingerprint density at radius 1 is 1.47 bits per heavy atom. The van der Waals surface area contributed by atoms with Crippen molar-refractivity contribution >= 4 is 12.0 Å². The summed E-state index contributed by atoms with van der Waals surface area (Å²) in [6.07, 6.45) is 1.68. The van der Waals surface area contributed by atoms with E-state index in [0.717, 1.165) is 11.3 Å². The molecule has 0 atom stereocenters. The van der Waals surface area contributed by atoms with Gasteiger partial charge in [0, 0.05) is 17.3 Å². The summed E-state index contributed by atoms with van der Waals surface area (Å²) < 4.78 is 0. The van der Waals surface area contributed by atoms with Crippen LogP contribution in [0.25, 0.3) is 0 Å². The first-order valence-electron chi connectivity index (χ1n) is 5.52. The van der Waals surface area contributed by atoms with Gasteiger partial charge in [0.15, 0.2) is 0 Å². The molecule has 2 amide bonds. The highest BCUT2D eigenvalue weighted by Gasteiger charge is 2.27. The highest BCUT2D eigenvalue weighted by molar-refractivity contribution is 5.75. The van der Waals surface area contributed by atoms with Crippen LogP contribution >= 0.6 is 0 Å². The monoisotopic (exact) mass is 235 g/mol. The van der Waals surface area contributed by atoms with Gasteiger partial charge in [-0.05, 0) is 20.8 Å². The van der Waals surface area contributed by atoms with Crippen LogP contribution in [0.15, 0.2) is 6.20 Å². The molecule has 0 spiro atoms. The van der Waals surface area contributed by atoms with Gasteiger partial charge in [0.05, 0.1) is 18.8 Å². The number of nitrogens with zero attached hydrogens (tertiary/aromatic N) is 3. The minimum Gasteiger partial charge on any atom is -0.368 e. The Bertz CT molecular complexity index is 452. The summed E-state index contributed by atoms with van der Waals surface area (Å²) in [6.45, 7) is 6.88. The first-order valence-corrected chi connectivity index (χ1v) is 5.52. The van der Waals surface area contributed by atoms with Crippen LogP contribution in [0.3, 0.4) is 0 Å². The molecular weight excluding hydrogens is 218 g/mol. The summed E-state index contributed by atoms with van der Waals surface area (Å²) >= 11 is 0. The number of nitrogens with two attached hydrogens (primary N) is 1. The van der Waals surface area contributed by atoms with E-state index in [1.165, 1.54) is 0 Å². The molecule has 0 bridgehead atoms. The molecule has 0 saturated carbocycles. The van der Waals surface area contributed by atoms with Gasteiger partial charge < -0.3 is 16.0 Å². The summed E-state index contributed by atoms with van der Waals surface area (Å²) in [7, 11) is 0. The lowest BCUT2D eigenvalue weighted by atomic mass is 10.1. The van der Waals surface area contributed by atoms with Crippen LogP contribution in [-0.2, 0) is 13.1 Å². The number of fused-ring (bicyclic) bond motifs is 1. The molecule has 2 rings (SSSR count). The van der Waals surface area contributed by atoms with Crippen LogP contribution in [0.5, 0.6) is 0 Å². The van der Waals surface area contributed by atoms with Gasteiger partial charge in [-0.3, -0.25) is 0 Å². The number of carbonyl (C=O) groups excluding carboxylic acids is 1. The third-order valence-electron chi connectivity index (χ3n) is 2.44. The van der Waals surface area contributed by atoms with Crippen molar-refractivity contribution in [3.63, 3.8) is 0 Å². The van der Waals surface area contributed by atoms with Crippen LogP contribution in [0.4, 0.5) is 10.7 Å². The maximum atomic E-state index is 11.9. The van der Waals surface area contributed by atoms with E-state index in [1.54, 1.807) is 11.1 Å².